The minimum atomic E-state index is -0.880. The molecule has 0 amide bonds. The van der Waals surface area contributed by atoms with E-state index >= 15 is 0 Å². The molecule has 3 nitrogen and oxygen atoms in total. The lowest BCUT2D eigenvalue weighted by Crippen LogP contribution is -2.33. The van der Waals surface area contributed by atoms with Crippen LogP contribution in [0.25, 0.3) is 0 Å². The Bertz CT molecular complexity index is 385. The van der Waals surface area contributed by atoms with Crippen molar-refractivity contribution in [3.63, 3.8) is 0 Å². The van der Waals surface area contributed by atoms with Crippen LogP contribution in [0.4, 0.5) is 4.39 Å². The Balaban J connectivity index is 2.09. The largest absolute Gasteiger partial charge is 0.311 e. The van der Waals surface area contributed by atoms with Gasteiger partial charge in [-0.2, -0.15) is 5.10 Å². The van der Waals surface area contributed by atoms with Gasteiger partial charge in [0.15, 0.2) is 0 Å². The molecule has 2 atom stereocenters. The van der Waals surface area contributed by atoms with E-state index in [1.165, 1.54) is 0 Å². The predicted octanol–water partition coefficient (Wildman–Crippen LogP) is 2.27. The molecule has 1 aromatic rings. The number of nitrogens with zero attached hydrogens (tertiary/aromatic N) is 2. The molecule has 2 unspecified atom stereocenters. The zero-order valence-electron chi connectivity index (χ0n) is 10.3. The van der Waals surface area contributed by atoms with Crippen LogP contribution >= 0.6 is 11.6 Å². The number of hydrogen-bond acceptors (Lipinski definition) is 2. The fraction of sp³-hybridized carbons (Fsp3) is 0.750. The van der Waals surface area contributed by atoms with Crippen molar-refractivity contribution in [1.29, 1.82) is 0 Å². The van der Waals surface area contributed by atoms with Crippen LogP contribution in [0, 0.1) is 0 Å². The number of nitrogens with one attached hydrogen (secondary N) is 1. The minimum absolute atomic E-state index is 0.0222. The molecule has 0 aromatic carbocycles. The molecule has 1 aliphatic rings. The van der Waals surface area contributed by atoms with E-state index in [0.717, 1.165) is 37.2 Å². The van der Waals surface area contributed by atoms with Crippen molar-refractivity contribution in [2.24, 2.45) is 7.05 Å². The lowest BCUT2D eigenvalue weighted by Gasteiger charge is -2.16. The van der Waals surface area contributed by atoms with Crippen molar-refractivity contribution in [3.8, 4) is 0 Å². The van der Waals surface area contributed by atoms with Crippen LogP contribution in [-0.2, 0) is 19.9 Å². The summed E-state index contributed by atoms with van der Waals surface area (Å²) in [7, 11) is 1.83. The van der Waals surface area contributed by atoms with Gasteiger partial charge in [-0.15, -0.1) is 0 Å². The molecule has 0 bridgehead atoms. The van der Waals surface area contributed by atoms with Gasteiger partial charge in [-0.1, -0.05) is 18.5 Å². The highest BCUT2D eigenvalue weighted by atomic mass is 35.5. The molecule has 1 aliphatic heterocycles. The quantitative estimate of drug-likeness (QED) is 0.899. The highest BCUT2D eigenvalue weighted by molar-refractivity contribution is 6.31. The second-order valence-electron chi connectivity index (χ2n) is 4.61. The number of alkyl halides is 1. The molecular weight excluding hydrogens is 241 g/mol. The minimum Gasteiger partial charge on any atom is -0.311 e. The lowest BCUT2D eigenvalue weighted by atomic mass is 10.1. The molecule has 1 N–H and O–H groups in total. The van der Waals surface area contributed by atoms with E-state index in [1.54, 1.807) is 4.68 Å². The normalized spacial score (nSPS) is 22.0. The molecule has 0 saturated carbocycles. The van der Waals surface area contributed by atoms with E-state index < -0.39 is 6.17 Å². The SMILES string of the molecule is CCc1nn(C)c(CC(F)C2CCCN2)c1Cl. The molecular formula is C12H19ClFN3. The van der Waals surface area contributed by atoms with Crippen molar-refractivity contribution in [2.75, 3.05) is 6.54 Å². The van der Waals surface area contributed by atoms with Crippen LogP contribution in [0.1, 0.15) is 31.2 Å². The van der Waals surface area contributed by atoms with E-state index in [-0.39, 0.29) is 6.04 Å². The third-order valence-corrected chi connectivity index (χ3v) is 3.86. The van der Waals surface area contributed by atoms with Crippen molar-refractivity contribution >= 4 is 11.6 Å². The van der Waals surface area contributed by atoms with E-state index in [2.05, 4.69) is 10.4 Å². The van der Waals surface area contributed by atoms with Crippen LogP contribution in [0.2, 0.25) is 5.02 Å². The first-order valence-electron chi connectivity index (χ1n) is 6.21. The molecule has 1 aromatic heterocycles. The van der Waals surface area contributed by atoms with Crippen LogP contribution in [-0.4, -0.2) is 28.5 Å². The fourth-order valence-corrected chi connectivity index (χ4v) is 2.76. The number of halogens is 2. The second kappa shape index (κ2) is 5.36. The third kappa shape index (κ3) is 2.63. The topological polar surface area (TPSA) is 29.9 Å². The summed E-state index contributed by atoms with van der Waals surface area (Å²) in [5, 5.41) is 8.13. The molecule has 2 heterocycles. The van der Waals surface area contributed by atoms with Gasteiger partial charge in [0.05, 0.1) is 16.4 Å². The van der Waals surface area contributed by atoms with E-state index in [0.29, 0.717) is 11.4 Å². The number of aromatic nitrogens is 2. The number of hydrogen-bond donors (Lipinski definition) is 1. The molecule has 0 aliphatic carbocycles. The maximum absolute atomic E-state index is 14.1. The summed E-state index contributed by atoms with van der Waals surface area (Å²) < 4.78 is 15.8. The standard InChI is InChI=1S/C12H19ClFN3/c1-3-9-12(13)11(17(2)16-9)7-8(14)10-5-4-6-15-10/h8,10,15H,3-7H2,1-2H3. The summed E-state index contributed by atoms with van der Waals surface area (Å²) in [6.07, 6.45) is 2.22. The van der Waals surface area contributed by atoms with Gasteiger partial charge < -0.3 is 5.32 Å². The van der Waals surface area contributed by atoms with Crippen LogP contribution in [0.3, 0.4) is 0 Å². The zero-order valence-corrected chi connectivity index (χ0v) is 11.1. The van der Waals surface area contributed by atoms with Gasteiger partial charge in [0, 0.05) is 19.5 Å². The first-order chi connectivity index (χ1) is 8.13. The summed E-state index contributed by atoms with van der Waals surface area (Å²) in [5.74, 6) is 0. The first kappa shape index (κ1) is 12.8. The van der Waals surface area contributed by atoms with Crippen LogP contribution < -0.4 is 5.32 Å². The van der Waals surface area contributed by atoms with Crippen molar-refractivity contribution in [2.45, 2.75) is 44.8 Å². The molecule has 96 valence electrons. The van der Waals surface area contributed by atoms with Gasteiger partial charge in [-0.05, 0) is 25.8 Å². The summed E-state index contributed by atoms with van der Waals surface area (Å²) in [6, 6.07) is -0.0222. The molecule has 1 fully saturated rings. The Hall–Kier alpha value is -0.610. The summed E-state index contributed by atoms with van der Waals surface area (Å²) in [5.41, 5.74) is 1.67. The molecule has 1 saturated heterocycles. The van der Waals surface area contributed by atoms with Gasteiger partial charge in [0.2, 0.25) is 0 Å². The third-order valence-electron chi connectivity index (χ3n) is 3.43. The first-order valence-corrected chi connectivity index (χ1v) is 6.59. The highest BCUT2D eigenvalue weighted by Crippen LogP contribution is 2.24. The molecule has 5 heteroatoms. The Morgan fingerprint density at radius 1 is 1.65 bits per heavy atom. The highest BCUT2D eigenvalue weighted by Gasteiger charge is 2.26. The smallest absolute Gasteiger partial charge is 0.121 e. The van der Waals surface area contributed by atoms with Crippen LogP contribution in [0.15, 0.2) is 0 Å². The summed E-state index contributed by atoms with van der Waals surface area (Å²) in [6.45, 7) is 2.92. The molecule has 2 rings (SSSR count). The van der Waals surface area contributed by atoms with Crippen LogP contribution in [0.5, 0.6) is 0 Å². The Morgan fingerprint density at radius 2 is 2.41 bits per heavy atom. The van der Waals surface area contributed by atoms with Crippen molar-refractivity contribution in [1.82, 2.24) is 15.1 Å². The summed E-state index contributed by atoms with van der Waals surface area (Å²) >= 11 is 6.21. The van der Waals surface area contributed by atoms with E-state index in [1.807, 2.05) is 14.0 Å². The van der Waals surface area contributed by atoms with E-state index in [9.17, 15) is 4.39 Å². The lowest BCUT2D eigenvalue weighted by molar-refractivity contribution is 0.260. The van der Waals surface area contributed by atoms with Crippen molar-refractivity contribution < 1.29 is 4.39 Å². The average Bonchev–Trinajstić information content (AvgIpc) is 2.92. The average molecular weight is 260 g/mol. The fourth-order valence-electron chi connectivity index (χ4n) is 2.39. The zero-order chi connectivity index (χ0) is 12.4. The second-order valence-corrected chi connectivity index (χ2v) is 4.99. The maximum atomic E-state index is 14.1. The molecule has 0 spiro atoms. The monoisotopic (exact) mass is 259 g/mol. The number of aryl methyl sites for hydroxylation is 2. The molecule has 17 heavy (non-hydrogen) atoms. The Labute approximate surface area is 106 Å². The van der Waals surface area contributed by atoms with Crippen molar-refractivity contribution in [3.05, 3.63) is 16.4 Å². The van der Waals surface area contributed by atoms with Gasteiger partial charge in [0.1, 0.15) is 6.17 Å². The Kier molecular flexibility index (Phi) is 4.05. The number of rotatable bonds is 4. The van der Waals surface area contributed by atoms with Gasteiger partial charge >= 0.3 is 0 Å². The maximum Gasteiger partial charge on any atom is 0.121 e. The van der Waals surface area contributed by atoms with Gasteiger partial charge in [-0.3, -0.25) is 4.68 Å². The van der Waals surface area contributed by atoms with Gasteiger partial charge in [-0.25, -0.2) is 4.39 Å². The van der Waals surface area contributed by atoms with Gasteiger partial charge in [0.25, 0.3) is 0 Å². The summed E-state index contributed by atoms with van der Waals surface area (Å²) in [4.78, 5) is 0. The Morgan fingerprint density at radius 3 is 2.94 bits per heavy atom. The van der Waals surface area contributed by atoms with E-state index in [4.69, 9.17) is 11.6 Å². The molecule has 0 radical (unpaired) electrons. The predicted molar refractivity (Wildman–Crippen MR) is 67.2 cm³/mol.